The predicted octanol–water partition coefficient (Wildman–Crippen LogP) is 5.44. The summed E-state index contributed by atoms with van der Waals surface area (Å²) in [5, 5.41) is 12.9. The molecule has 4 aromatic rings. The number of rotatable bonds is 10. The number of thiophene rings is 1. The quantitative estimate of drug-likeness (QED) is 0.118. The molecule has 2 aromatic carbocycles. The third kappa shape index (κ3) is 7.08. The van der Waals surface area contributed by atoms with E-state index >= 15 is 0 Å². The summed E-state index contributed by atoms with van der Waals surface area (Å²) in [7, 11) is 0. The third-order valence-electron chi connectivity index (χ3n) is 8.09. The second kappa shape index (κ2) is 14.1. The number of hydrazine groups is 2. The molecule has 2 aromatic heterocycles. The first-order chi connectivity index (χ1) is 21.7. The molecular formula is C33H38N8O3S. The van der Waals surface area contributed by atoms with Gasteiger partial charge < -0.3 is 5.32 Å². The van der Waals surface area contributed by atoms with Gasteiger partial charge in [-0.2, -0.15) is 5.10 Å². The maximum atomic E-state index is 13.2. The Balaban J connectivity index is 1.41. The number of benzene rings is 2. The number of carbonyl (C=O) groups excluding carboxylic acids is 2. The fourth-order valence-electron chi connectivity index (χ4n) is 5.41. The van der Waals surface area contributed by atoms with Crippen molar-refractivity contribution >= 4 is 46.0 Å². The molecule has 0 saturated heterocycles. The van der Waals surface area contributed by atoms with Crippen molar-refractivity contribution < 1.29 is 9.59 Å². The molecule has 0 fully saturated rings. The number of amides is 2. The number of hydrogen-bond acceptors (Lipinski definition) is 10. The molecule has 2 amide bonds. The van der Waals surface area contributed by atoms with E-state index in [4.69, 9.17) is 11.7 Å². The van der Waals surface area contributed by atoms with Crippen LogP contribution in [0.4, 0.5) is 22.9 Å². The highest BCUT2D eigenvalue weighted by atomic mass is 32.1. The number of nitrogens with two attached hydrogens (primary N) is 2. The van der Waals surface area contributed by atoms with E-state index in [1.54, 1.807) is 41.7 Å². The highest BCUT2D eigenvalue weighted by Gasteiger charge is 2.22. The summed E-state index contributed by atoms with van der Waals surface area (Å²) < 4.78 is 0. The van der Waals surface area contributed by atoms with Crippen molar-refractivity contribution in [2.45, 2.75) is 65.7 Å². The Kier molecular flexibility index (Phi) is 9.96. The van der Waals surface area contributed by atoms with Crippen molar-refractivity contribution in [3.63, 3.8) is 0 Å². The van der Waals surface area contributed by atoms with E-state index in [1.807, 2.05) is 32.0 Å². The average Bonchev–Trinajstić information content (AvgIpc) is 3.40. The number of aryl methyl sites for hydroxylation is 2. The van der Waals surface area contributed by atoms with Gasteiger partial charge in [-0.1, -0.05) is 44.9 Å². The molecule has 5 rings (SSSR count). The molecule has 0 radical (unpaired) electrons. The number of fused-ring (bicyclic) bond motifs is 1. The SMILES string of the molecule is CCCCC(C)C(=O)N(N)c1cccc(N(N)c2nc(-c3cccc(NC(=O)c4cc5c(s4)CCCC5)c3C)cnnc2=O)c1. The van der Waals surface area contributed by atoms with E-state index in [-0.39, 0.29) is 23.6 Å². The molecule has 45 heavy (non-hydrogen) atoms. The van der Waals surface area contributed by atoms with Gasteiger partial charge in [0.15, 0.2) is 0 Å². The molecular weight excluding hydrogens is 588 g/mol. The van der Waals surface area contributed by atoms with Crippen molar-refractivity contribution in [1.29, 1.82) is 0 Å². The van der Waals surface area contributed by atoms with Crippen LogP contribution < -0.4 is 32.6 Å². The first kappa shape index (κ1) is 31.9. The second-order valence-electron chi connectivity index (χ2n) is 11.3. The van der Waals surface area contributed by atoms with Gasteiger partial charge in [-0.25, -0.2) is 21.7 Å². The van der Waals surface area contributed by atoms with E-state index < -0.39 is 5.56 Å². The Morgan fingerprint density at radius 1 is 1.07 bits per heavy atom. The zero-order chi connectivity index (χ0) is 32.1. The van der Waals surface area contributed by atoms with Crippen LogP contribution in [0.25, 0.3) is 11.3 Å². The summed E-state index contributed by atoms with van der Waals surface area (Å²) in [5.74, 6) is 11.8. The lowest BCUT2D eigenvalue weighted by atomic mass is 9.99. The predicted molar refractivity (Wildman–Crippen MR) is 178 cm³/mol. The minimum Gasteiger partial charge on any atom is -0.321 e. The highest BCUT2D eigenvalue weighted by Crippen LogP contribution is 2.32. The van der Waals surface area contributed by atoms with Crippen LogP contribution in [0.2, 0.25) is 0 Å². The van der Waals surface area contributed by atoms with Gasteiger partial charge in [0.2, 0.25) is 11.7 Å². The van der Waals surface area contributed by atoms with Crippen LogP contribution in [0.3, 0.4) is 0 Å². The first-order valence-corrected chi connectivity index (χ1v) is 16.0. The smallest absolute Gasteiger partial charge is 0.321 e. The summed E-state index contributed by atoms with van der Waals surface area (Å²) in [4.78, 5) is 45.6. The summed E-state index contributed by atoms with van der Waals surface area (Å²) in [6.07, 6.45) is 8.37. The lowest BCUT2D eigenvalue weighted by molar-refractivity contribution is -0.122. The molecule has 0 bridgehead atoms. The Morgan fingerprint density at radius 3 is 2.60 bits per heavy atom. The minimum atomic E-state index is -0.744. The highest BCUT2D eigenvalue weighted by molar-refractivity contribution is 7.14. The van der Waals surface area contributed by atoms with E-state index in [2.05, 4.69) is 27.4 Å². The van der Waals surface area contributed by atoms with E-state index in [0.717, 1.165) is 60.5 Å². The minimum absolute atomic E-state index is 0.163. The van der Waals surface area contributed by atoms with Gasteiger partial charge in [0.25, 0.3) is 5.91 Å². The third-order valence-corrected chi connectivity index (χ3v) is 9.32. The second-order valence-corrected chi connectivity index (χ2v) is 12.4. The Labute approximate surface area is 266 Å². The number of aromatic nitrogens is 3. The molecule has 1 aliphatic rings. The molecule has 1 unspecified atom stereocenters. The largest absolute Gasteiger partial charge is 0.332 e. The molecule has 0 saturated carbocycles. The van der Waals surface area contributed by atoms with Crippen LogP contribution in [0.5, 0.6) is 0 Å². The topological polar surface area (TPSA) is 160 Å². The monoisotopic (exact) mass is 626 g/mol. The first-order valence-electron chi connectivity index (χ1n) is 15.2. The maximum absolute atomic E-state index is 13.2. The molecule has 2 heterocycles. The normalized spacial score (nSPS) is 13.1. The summed E-state index contributed by atoms with van der Waals surface area (Å²) in [6, 6.07) is 14.1. The number of carbonyl (C=O) groups is 2. The van der Waals surface area contributed by atoms with E-state index in [1.165, 1.54) is 16.6 Å². The summed E-state index contributed by atoms with van der Waals surface area (Å²) in [6.45, 7) is 5.79. The van der Waals surface area contributed by atoms with Gasteiger partial charge in [0.05, 0.1) is 28.1 Å². The molecule has 0 aliphatic heterocycles. The van der Waals surface area contributed by atoms with Crippen molar-refractivity contribution in [2.75, 3.05) is 15.3 Å². The number of anilines is 4. The number of nitrogens with zero attached hydrogens (tertiary/aromatic N) is 5. The van der Waals surface area contributed by atoms with Crippen LogP contribution in [0, 0.1) is 12.8 Å². The van der Waals surface area contributed by atoms with Gasteiger partial charge in [0.1, 0.15) is 0 Å². The lowest BCUT2D eigenvalue weighted by Gasteiger charge is -2.23. The van der Waals surface area contributed by atoms with E-state index in [0.29, 0.717) is 33.2 Å². The Bertz CT molecular complexity index is 1750. The van der Waals surface area contributed by atoms with Gasteiger partial charge in [0, 0.05) is 22.0 Å². The molecule has 234 valence electrons. The van der Waals surface area contributed by atoms with Crippen molar-refractivity contribution in [3.8, 4) is 11.3 Å². The van der Waals surface area contributed by atoms with Gasteiger partial charge >= 0.3 is 5.56 Å². The number of unbranched alkanes of at least 4 members (excludes halogenated alkanes) is 1. The molecule has 12 heteroatoms. The zero-order valence-electron chi connectivity index (χ0n) is 25.7. The Morgan fingerprint density at radius 2 is 1.82 bits per heavy atom. The molecule has 0 spiro atoms. The van der Waals surface area contributed by atoms with Crippen LogP contribution in [-0.2, 0) is 17.6 Å². The maximum Gasteiger partial charge on any atom is 0.332 e. The van der Waals surface area contributed by atoms with E-state index in [9.17, 15) is 14.4 Å². The van der Waals surface area contributed by atoms with Crippen molar-refractivity contribution in [3.05, 3.63) is 86.0 Å². The van der Waals surface area contributed by atoms with Gasteiger partial charge in [-0.05, 0) is 80.5 Å². The van der Waals surface area contributed by atoms with Crippen LogP contribution in [0.15, 0.2) is 59.5 Å². The van der Waals surface area contributed by atoms with Crippen LogP contribution in [0.1, 0.15) is 71.6 Å². The standard InChI is InChI=1S/C33H38N8O3S/c1-4-5-10-20(2)33(44)41(35)24-13-8-12-23(18-24)40(34)30-32(43)39-36-19-27(37-30)25-14-9-15-26(21(25)3)38-31(42)29-17-22-11-6-7-16-28(22)45-29/h8-9,12-15,17-20H,4-7,10-11,16,34-35H2,1-3H3,(H,38,42). The molecule has 1 aliphatic carbocycles. The summed E-state index contributed by atoms with van der Waals surface area (Å²) in [5.41, 5.74) is 3.66. The molecule has 1 atom stereocenters. The average molecular weight is 627 g/mol. The summed E-state index contributed by atoms with van der Waals surface area (Å²) >= 11 is 1.55. The van der Waals surface area contributed by atoms with Crippen LogP contribution in [-0.4, -0.2) is 27.0 Å². The van der Waals surface area contributed by atoms with Crippen molar-refractivity contribution in [1.82, 2.24) is 15.2 Å². The lowest BCUT2D eigenvalue weighted by Crippen LogP contribution is -2.41. The van der Waals surface area contributed by atoms with Gasteiger partial charge in [-0.3, -0.25) is 19.4 Å². The van der Waals surface area contributed by atoms with Crippen LogP contribution >= 0.6 is 11.3 Å². The molecule has 11 nitrogen and oxygen atoms in total. The number of hydrogen-bond donors (Lipinski definition) is 3. The van der Waals surface area contributed by atoms with Crippen molar-refractivity contribution in [2.24, 2.45) is 17.6 Å². The fourth-order valence-corrected chi connectivity index (χ4v) is 6.56. The number of nitrogens with one attached hydrogen (secondary N) is 1. The zero-order valence-corrected chi connectivity index (χ0v) is 26.6. The van der Waals surface area contributed by atoms with Gasteiger partial charge in [-0.15, -0.1) is 16.4 Å². The molecule has 5 N–H and O–H groups in total. The fraction of sp³-hybridized carbons (Fsp3) is 0.333. The Hall–Kier alpha value is -4.52.